The molecule has 1 aliphatic carbocycles. The molecule has 4 nitrogen and oxygen atoms in total. The summed E-state index contributed by atoms with van der Waals surface area (Å²) in [5, 5.41) is 22.5. The number of hydrogen-bond donors (Lipinski definition) is 2. The molecule has 0 saturated heterocycles. The fraction of sp³-hybridized carbons (Fsp3) is 0.158. The van der Waals surface area contributed by atoms with Gasteiger partial charge in [-0.3, -0.25) is 0 Å². The number of fused-ring (bicyclic) bond motifs is 2. The Bertz CT molecular complexity index is 1550. The minimum Gasteiger partial charge on any atom is -0.392 e. The molecule has 3 aliphatic rings. The summed E-state index contributed by atoms with van der Waals surface area (Å²) in [4.78, 5) is 4.49. The van der Waals surface area contributed by atoms with Crippen molar-refractivity contribution < 1.29 is 10.2 Å². The molecular weight excluding hydrogens is 516 g/mol. The number of benzene rings is 4. The van der Waals surface area contributed by atoms with Gasteiger partial charge >= 0.3 is 0 Å². The molecule has 42 heavy (non-hydrogen) atoms. The molecule has 1 saturated carbocycles. The van der Waals surface area contributed by atoms with Crippen molar-refractivity contribution in [3.05, 3.63) is 168 Å². The Morgan fingerprint density at radius 2 is 0.881 bits per heavy atom. The van der Waals surface area contributed by atoms with Gasteiger partial charge in [0, 0.05) is 59.8 Å². The van der Waals surface area contributed by atoms with E-state index in [9.17, 15) is 10.2 Å². The van der Waals surface area contributed by atoms with Gasteiger partial charge in [0.15, 0.2) is 0 Å². The van der Waals surface area contributed by atoms with Gasteiger partial charge in [0.25, 0.3) is 0 Å². The zero-order chi connectivity index (χ0) is 28.5. The number of rotatable bonds is 6. The van der Waals surface area contributed by atoms with Crippen molar-refractivity contribution in [2.75, 3.05) is 9.80 Å². The molecular formula is C38H34N2O2. The Morgan fingerprint density at radius 1 is 0.500 bits per heavy atom. The van der Waals surface area contributed by atoms with Gasteiger partial charge in [-0.05, 0) is 46.6 Å². The van der Waals surface area contributed by atoms with Crippen LogP contribution in [0.25, 0.3) is 11.1 Å². The second-order valence-electron chi connectivity index (χ2n) is 11.3. The van der Waals surface area contributed by atoms with Crippen LogP contribution in [0.2, 0.25) is 0 Å². The number of hydrogen-bond acceptors (Lipinski definition) is 4. The second kappa shape index (κ2) is 11.3. The monoisotopic (exact) mass is 550 g/mol. The normalized spacial score (nSPS) is 24.4. The van der Waals surface area contributed by atoms with Crippen LogP contribution in [-0.2, 0) is 13.1 Å². The van der Waals surface area contributed by atoms with E-state index in [4.69, 9.17) is 0 Å². The number of anilines is 2. The highest BCUT2D eigenvalue weighted by Crippen LogP contribution is 2.43. The Labute approximate surface area is 247 Å². The van der Waals surface area contributed by atoms with E-state index in [0.29, 0.717) is 0 Å². The van der Waals surface area contributed by atoms with Crippen LogP contribution in [0, 0.1) is 11.8 Å². The van der Waals surface area contributed by atoms with Crippen LogP contribution in [0.5, 0.6) is 0 Å². The quantitative estimate of drug-likeness (QED) is 0.267. The third kappa shape index (κ3) is 5.00. The molecule has 4 heteroatoms. The van der Waals surface area contributed by atoms with Crippen molar-refractivity contribution in [1.82, 2.24) is 0 Å². The molecule has 0 bridgehead atoms. The van der Waals surface area contributed by atoms with Crippen LogP contribution in [0.4, 0.5) is 11.4 Å². The van der Waals surface area contributed by atoms with E-state index in [2.05, 4.69) is 119 Å². The zero-order valence-corrected chi connectivity index (χ0v) is 23.4. The predicted octanol–water partition coefficient (Wildman–Crippen LogP) is 7.19. The SMILES string of the molecule is OC1C(C=C2C=CN(Cc3ccccc3)c3ccccc32)C(O)C1C=C1C=CN(Cc2ccccc2)c2ccccc21. The van der Waals surface area contributed by atoms with Gasteiger partial charge in [-0.15, -0.1) is 0 Å². The van der Waals surface area contributed by atoms with Crippen molar-refractivity contribution >= 4 is 22.5 Å². The molecule has 2 aliphatic heterocycles. The lowest BCUT2D eigenvalue weighted by Gasteiger charge is -2.44. The summed E-state index contributed by atoms with van der Waals surface area (Å²) < 4.78 is 0. The molecule has 4 aromatic rings. The first kappa shape index (κ1) is 26.3. The topological polar surface area (TPSA) is 46.9 Å². The van der Waals surface area contributed by atoms with Crippen molar-refractivity contribution in [2.45, 2.75) is 25.3 Å². The molecule has 0 aromatic heterocycles. The van der Waals surface area contributed by atoms with Crippen LogP contribution in [0.15, 0.2) is 146 Å². The van der Waals surface area contributed by atoms with E-state index < -0.39 is 12.2 Å². The summed E-state index contributed by atoms with van der Waals surface area (Å²) in [5.74, 6) is -0.671. The lowest BCUT2D eigenvalue weighted by Crippen LogP contribution is -2.53. The first-order valence-electron chi connectivity index (χ1n) is 14.6. The van der Waals surface area contributed by atoms with Crippen LogP contribution in [0.1, 0.15) is 22.3 Å². The van der Waals surface area contributed by atoms with Crippen LogP contribution in [-0.4, -0.2) is 22.4 Å². The van der Waals surface area contributed by atoms with Gasteiger partial charge in [-0.25, -0.2) is 0 Å². The number of allylic oxidation sites excluding steroid dienone is 4. The molecule has 2 N–H and O–H groups in total. The van der Waals surface area contributed by atoms with E-state index >= 15 is 0 Å². The second-order valence-corrected chi connectivity index (χ2v) is 11.3. The Balaban J connectivity index is 1.11. The van der Waals surface area contributed by atoms with E-state index in [0.717, 1.165) is 46.7 Å². The molecule has 208 valence electrons. The molecule has 1 fully saturated rings. The zero-order valence-electron chi connectivity index (χ0n) is 23.4. The highest BCUT2D eigenvalue weighted by Gasteiger charge is 2.47. The molecule has 0 radical (unpaired) electrons. The Morgan fingerprint density at radius 3 is 1.31 bits per heavy atom. The largest absolute Gasteiger partial charge is 0.392 e. The van der Waals surface area contributed by atoms with E-state index in [1.807, 2.05) is 36.4 Å². The average molecular weight is 551 g/mol. The molecule has 0 spiro atoms. The maximum Gasteiger partial charge on any atom is 0.0716 e. The fourth-order valence-electron chi connectivity index (χ4n) is 6.32. The van der Waals surface area contributed by atoms with Gasteiger partial charge in [0.2, 0.25) is 0 Å². The van der Waals surface area contributed by atoms with Crippen LogP contribution >= 0.6 is 0 Å². The lowest BCUT2D eigenvalue weighted by molar-refractivity contribution is -0.109. The van der Waals surface area contributed by atoms with Gasteiger partial charge in [-0.1, -0.05) is 109 Å². The maximum absolute atomic E-state index is 11.3. The van der Waals surface area contributed by atoms with E-state index in [-0.39, 0.29) is 11.8 Å². The first-order valence-corrected chi connectivity index (χ1v) is 14.6. The van der Waals surface area contributed by atoms with Gasteiger partial charge in [-0.2, -0.15) is 0 Å². The summed E-state index contributed by atoms with van der Waals surface area (Å²) in [7, 11) is 0. The Hall–Kier alpha value is -4.64. The van der Waals surface area contributed by atoms with Crippen LogP contribution < -0.4 is 9.80 Å². The number of nitrogens with zero attached hydrogens (tertiary/aromatic N) is 2. The van der Waals surface area contributed by atoms with E-state index in [1.165, 1.54) is 11.1 Å². The molecule has 0 amide bonds. The molecule has 2 heterocycles. The van der Waals surface area contributed by atoms with Crippen molar-refractivity contribution in [3.8, 4) is 0 Å². The molecule has 0 unspecified atom stereocenters. The minimum absolute atomic E-state index is 0.336. The fourth-order valence-corrected chi connectivity index (χ4v) is 6.32. The molecule has 7 rings (SSSR count). The smallest absolute Gasteiger partial charge is 0.0716 e. The summed E-state index contributed by atoms with van der Waals surface area (Å²) in [6.45, 7) is 1.56. The highest BCUT2D eigenvalue weighted by molar-refractivity contribution is 5.87. The lowest BCUT2D eigenvalue weighted by atomic mass is 9.67. The van der Waals surface area contributed by atoms with Crippen molar-refractivity contribution in [3.63, 3.8) is 0 Å². The first-order chi connectivity index (χ1) is 20.7. The maximum atomic E-state index is 11.3. The third-order valence-corrected chi connectivity index (χ3v) is 8.63. The number of para-hydroxylation sites is 2. The number of aliphatic hydroxyl groups excluding tert-OH is 2. The molecule has 4 aromatic carbocycles. The van der Waals surface area contributed by atoms with Crippen molar-refractivity contribution in [2.24, 2.45) is 11.8 Å². The molecule has 0 atom stereocenters. The van der Waals surface area contributed by atoms with Crippen molar-refractivity contribution in [1.29, 1.82) is 0 Å². The predicted molar refractivity (Wildman–Crippen MR) is 171 cm³/mol. The number of aliphatic hydroxyl groups is 2. The van der Waals surface area contributed by atoms with Gasteiger partial charge < -0.3 is 20.0 Å². The summed E-state index contributed by atoms with van der Waals surface area (Å²) in [6.07, 6.45) is 11.2. The highest BCUT2D eigenvalue weighted by atomic mass is 16.3. The summed E-state index contributed by atoms with van der Waals surface area (Å²) >= 11 is 0. The van der Waals surface area contributed by atoms with E-state index in [1.54, 1.807) is 0 Å². The third-order valence-electron chi connectivity index (χ3n) is 8.63. The summed E-state index contributed by atoms with van der Waals surface area (Å²) in [5.41, 5.74) is 9.02. The average Bonchev–Trinajstić information content (AvgIpc) is 3.05. The van der Waals surface area contributed by atoms with Gasteiger partial charge in [0.05, 0.1) is 12.2 Å². The minimum atomic E-state index is -0.661. The van der Waals surface area contributed by atoms with Gasteiger partial charge in [0.1, 0.15) is 0 Å². The summed E-state index contributed by atoms with van der Waals surface area (Å²) in [6, 6.07) is 37.6. The van der Waals surface area contributed by atoms with Crippen LogP contribution in [0.3, 0.4) is 0 Å². The standard InChI is InChI=1S/C38H34N2O2/c41-37-33(23-29-19-21-39(25-27-11-3-1-4-12-27)35-17-9-7-15-31(29)35)38(42)34(37)24-30-20-22-40(26-28-13-5-2-6-14-28)36-18-10-8-16-32(30)36/h1-24,33-34,37-38,41-42H,25-26H2. The Kier molecular flexibility index (Phi) is 7.08.